The van der Waals surface area contributed by atoms with Crippen LogP contribution in [-0.4, -0.2) is 17.5 Å². The van der Waals surface area contributed by atoms with Crippen molar-refractivity contribution in [3.63, 3.8) is 0 Å². The van der Waals surface area contributed by atoms with Crippen LogP contribution in [0.2, 0.25) is 0 Å². The van der Waals surface area contributed by atoms with Crippen molar-refractivity contribution in [2.24, 2.45) is 17.6 Å². The average molecular weight is 224 g/mol. The van der Waals surface area contributed by atoms with Gasteiger partial charge in [0, 0.05) is 18.0 Å². The Balaban J connectivity index is 1.72. The van der Waals surface area contributed by atoms with E-state index in [0.29, 0.717) is 12.5 Å². The standard InChI is InChI=1S/C13H24N2O/c1-13(2,14)8-7-11(16)15-12(9-3-4-9)10-5-6-10/h9-10,12H,3-8,14H2,1-2H3,(H,15,16). The maximum atomic E-state index is 11.8. The van der Waals surface area contributed by atoms with Gasteiger partial charge in [0.05, 0.1) is 0 Å². The molecule has 0 heterocycles. The molecular formula is C13H24N2O. The second-order valence-corrected chi connectivity index (χ2v) is 6.26. The molecule has 0 aromatic carbocycles. The molecule has 0 bridgehead atoms. The summed E-state index contributed by atoms with van der Waals surface area (Å²) in [6, 6.07) is 0.480. The molecule has 92 valence electrons. The predicted octanol–water partition coefficient (Wildman–Crippen LogP) is 1.81. The zero-order valence-corrected chi connectivity index (χ0v) is 10.5. The third-order valence-electron chi connectivity index (χ3n) is 3.58. The second kappa shape index (κ2) is 4.36. The van der Waals surface area contributed by atoms with E-state index < -0.39 is 0 Å². The highest BCUT2D eigenvalue weighted by Crippen LogP contribution is 2.44. The van der Waals surface area contributed by atoms with Gasteiger partial charge in [0.25, 0.3) is 0 Å². The molecule has 0 unspecified atom stereocenters. The molecule has 0 saturated heterocycles. The monoisotopic (exact) mass is 224 g/mol. The minimum Gasteiger partial charge on any atom is -0.353 e. The van der Waals surface area contributed by atoms with Gasteiger partial charge in [-0.1, -0.05) is 0 Å². The number of carbonyl (C=O) groups excluding carboxylic acids is 1. The smallest absolute Gasteiger partial charge is 0.220 e. The Hall–Kier alpha value is -0.570. The molecule has 2 aliphatic rings. The fourth-order valence-corrected chi connectivity index (χ4v) is 2.23. The van der Waals surface area contributed by atoms with Crippen molar-refractivity contribution in [1.29, 1.82) is 0 Å². The van der Waals surface area contributed by atoms with Crippen LogP contribution in [-0.2, 0) is 4.79 Å². The van der Waals surface area contributed by atoms with Gasteiger partial charge in [-0.05, 0) is 57.8 Å². The van der Waals surface area contributed by atoms with E-state index in [-0.39, 0.29) is 11.4 Å². The molecule has 3 N–H and O–H groups in total. The van der Waals surface area contributed by atoms with E-state index >= 15 is 0 Å². The first kappa shape index (κ1) is 11.9. The Labute approximate surface area is 98.2 Å². The quantitative estimate of drug-likeness (QED) is 0.723. The maximum Gasteiger partial charge on any atom is 0.220 e. The van der Waals surface area contributed by atoms with E-state index in [2.05, 4.69) is 5.32 Å². The van der Waals surface area contributed by atoms with Crippen molar-refractivity contribution >= 4 is 5.91 Å². The first-order chi connectivity index (χ1) is 7.46. The van der Waals surface area contributed by atoms with E-state index in [4.69, 9.17) is 5.73 Å². The lowest BCUT2D eigenvalue weighted by atomic mass is 9.99. The topological polar surface area (TPSA) is 55.1 Å². The SMILES string of the molecule is CC(C)(N)CCC(=O)NC(C1CC1)C1CC1. The average Bonchev–Trinajstić information content (AvgIpc) is 3.00. The van der Waals surface area contributed by atoms with Gasteiger partial charge in [-0.2, -0.15) is 0 Å². The summed E-state index contributed by atoms with van der Waals surface area (Å²) in [5.74, 6) is 1.76. The molecule has 16 heavy (non-hydrogen) atoms. The molecule has 0 radical (unpaired) electrons. The highest BCUT2D eigenvalue weighted by atomic mass is 16.1. The number of nitrogens with two attached hydrogens (primary N) is 1. The van der Waals surface area contributed by atoms with Crippen molar-refractivity contribution < 1.29 is 4.79 Å². The van der Waals surface area contributed by atoms with Gasteiger partial charge in [0.1, 0.15) is 0 Å². The van der Waals surface area contributed by atoms with Crippen LogP contribution in [0.25, 0.3) is 0 Å². The largest absolute Gasteiger partial charge is 0.353 e. The lowest BCUT2D eigenvalue weighted by molar-refractivity contribution is -0.122. The molecule has 1 amide bonds. The number of carbonyl (C=O) groups is 1. The van der Waals surface area contributed by atoms with Crippen molar-refractivity contribution in [2.75, 3.05) is 0 Å². The van der Waals surface area contributed by atoms with Crippen molar-refractivity contribution in [3.05, 3.63) is 0 Å². The summed E-state index contributed by atoms with van der Waals surface area (Å²) >= 11 is 0. The Bertz CT molecular complexity index is 250. The van der Waals surface area contributed by atoms with Crippen molar-refractivity contribution in [3.8, 4) is 0 Å². The van der Waals surface area contributed by atoms with Crippen LogP contribution in [0.3, 0.4) is 0 Å². The van der Waals surface area contributed by atoms with Gasteiger partial charge in [0.2, 0.25) is 5.91 Å². The summed E-state index contributed by atoms with van der Waals surface area (Å²) in [4.78, 5) is 11.8. The molecule has 0 aromatic heterocycles. The lowest BCUT2D eigenvalue weighted by Gasteiger charge is -2.21. The molecule has 3 nitrogen and oxygen atoms in total. The molecule has 2 fully saturated rings. The van der Waals surface area contributed by atoms with Gasteiger partial charge >= 0.3 is 0 Å². The molecule has 0 spiro atoms. The Kier molecular flexibility index (Phi) is 3.24. The lowest BCUT2D eigenvalue weighted by Crippen LogP contribution is -2.40. The van der Waals surface area contributed by atoms with E-state index in [0.717, 1.165) is 18.3 Å². The van der Waals surface area contributed by atoms with E-state index in [9.17, 15) is 4.79 Å². The van der Waals surface area contributed by atoms with Gasteiger partial charge in [0.15, 0.2) is 0 Å². The summed E-state index contributed by atoms with van der Waals surface area (Å²) in [7, 11) is 0. The van der Waals surface area contributed by atoms with Crippen molar-refractivity contribution in [1.82, 2.24) is 5.32 Å². The third kappa shape index (κ3) is 3.78. The zero-order valence-electron chi connectivity index (χ0n) is 10.5. The van der Waals surface area contributed by atoms with Gasteiger partial charge in [-0.25, -0.2) is 0 Å². The van der Waals surface area contributed by atoms with Gasteiger partial charge in [-0.3, -0.25) is 4.79 Å². The number of nitrogens with one attached hydrogen (secondary N) is 1. The van der Waals surface area contributed by atoms with Crippen LogP contribution < -0.4 is 11.1 Å². The Morgan fingerprint density at radius 1 is 1.31 bits per heavy atom. The van der Waals surface area contributed by atoms with Crippen LogP contribution in [0.15, 0.2) is 0 Å². The van der Waals surface area contributed by atoms with Crippen LogP contribution in [0.1, 0.15) is 52.4 Å². The molecule has 3 heteroatoms. The molecule has 2 aliphatic carbocycles. The molecule has 2 saturated carbocycles. The van der Waals surface area contributed by atoms with Gasteiger partial charge < -0.3 is 11.1 Å². The van der Waals surface area contributed by atoms with Crippen LogP contribution >= 0.6 is 0 Å². The summed E-state index contributed by atoms with van der Waals surface area (Å²) in [5.41, 5.74) is 5.65. The fourth-order valence-electron chi connectivity index (χ4n) is 2.23. The molecule has 2 rings (SSSR count). The molecule has 0 aliphatic heterocycles. The summed E-state index contributed by atoms with van der Waals surface area (Å²) in [6.45, 7) is 3.94. The van der Waals surface area contributed by atoms with E-state index in [1.54, 1.807) is 0 Å². The highest BCUT2D eigenvalue weighted by Gasteiger charge is 2.42. The maximum absolute atomic E-state index is 11.8. The van der Waals surface area contributed by atoms with Crippen LogP contribution in [0, 0.1) is 11.8 Å². The zero-order chi connectivity index (χ0) is 11.8. The summed E-state index contributed by atoms with van der Waals surface area (Å²) in [5, 5.41) is 3.22. The van der Waals surface area contributed by atoms with E-state index in [1.165, 1.54) is 25.7 Å². The number of rotatable bonds is 6. The minimum atomic E-state index is -0.230. The normalized spacial score (nSPS) is 21.2. The second-order valence-electron chi connectivity index (χ2n) is 6.26. The Morgan fingerprint density at radius 2 is 1.81 bits per heavy atom. The van der Waals surface area contributed by atoms with E-state index in [1.807, 2.05) is 13.8 Å². The molecule has 0 atom stereocenters. The number of amides is 1. The first-order valence-corrected chi connectivity index (χ1v) is 6.54. The predicted molar refractivity (Wildman–Crippen MR) is 64.9 cm³/mol. The van der Waals surface area contributed by atoms with Crippen LogP contribution in [0.4, 0.5) is 0 Å². The summed E-state index contributed by atoms with van der Waals surface area (Å²) < 4.78 is 0. The summed E-state index contributed by atoms with van der Waals surface area (Å²) in [6.07, 6.45) is 6.57. The Morgan fingerprint density at radius 3 is 2.19 bits per heavy atom. The number of hydrogen-bond donors (Lipinski definition) is 2. The fraction of sp³-hybridized carbons (Fsp3) is 0.923. The highest BCUT2D eigenvalue weighted by molar-refractivity contribution is 5.76. The molecule has 0 aromatic rings. The minimum absolute atomic E-state index is 0.197. The molecular weight excluding hydrogens is 200 g/mol. The van der Waals surface area contributed by atoms with Gasteiger partial charge in [-0.15, -0.1) is 0 Å². The van der Waals surface area contributed by atoms with Crippen molar-refractivity contribution in [2.45, 2.75) is 64.0 Å². The third-order valence-corrected chi connectivity index (χ3v) is 3.58. The van der Waals surface area contributed by atoms with Crippen LogP contribution in [0.5, 0.6) is 0 Å². The first-order valence-electron chi connectivity index (χ1n) is 6.54. The number of hydrogen-bond acceptors (Lipinski definition) is 2.